The maximum Gasteiger partial charge on any atom is 0.202 e. The van der Waals surface area contributed by atoms with Crippen molar-refractivity contribution in [2.75, 3.05) is 13.7 Å². The van der Waals surface area contributed by atoms with Crippen LogP contribution in [-0.2, 0) is 6.54 Å². The summed E-state index contributed by atoms with van der Waals surface area (Å²) in [5.41, 5.74) is 2.78. The average Bonchev–Trinajstić information content (AvgIpc) is 3.23. The van der Waals surface area contributed by atoms with Crippen LogP contribution in [0.5, 0.6) is 11.5 Å². The molecule has 0 saturated heterocycles. The highest BCUT2D eigenvalue weighted by Gasteiger charge is 2.16. The molecule has 0 amide bonds. The number of aromatic nitrogens is 1. The van der Waals surface area contributed by atoms with Crippen molar-refractivity contribution >= 4 is 17.1 Å². The lowest BCUT2D eigenvalue weighted by Crippen LogP contribution is -2.13. The molecule has 0 aliphatic rings. The number of ether oxygens (including phenoxy) is 2. The fourth-order valence-corrected chi connectivity index (χ4v) is 3.50. The second-order valence-electron chi connectivity index (χ2n) is 5.84. The van der Waals surface area contributed by atoms with Crippen molar-refractivity contribution in [2.24, 2.45) is 0 Å². The van der Waals surface area contributed by atoms with E-state index in [1.807, 2.05) is 44.2 Å². The highest BCUT2D eigenvalue weighted by Crippen LogP contribution is 2.22. The first kappa shape index (κ1) is 17.3. The fourth-order valence-electron chi connectivity index (χ4n) is 2.80. The molecule has 1 aromatic carbocycles. The van der Waals surface area contributed by atoms with E-state index in [1.54, 1.807) is 24.5 Å². The van der Waals surface area contributed by atoms with Gasteiger partial charge < -0.3 is 14.0 Å². The Bertz CT molecular complexity index is 865. The number of ketones is 1. The van der Waals surface area contributed by atoms with Gasteiger partial charge >= 0.3 is 0 Å². The van der Waals surface area contributed by atoms with Gasteiger partial charge in [-0.1, -0.05) is 12.1 Å². The maximum absolute atomic E-state index is 12.6. The lowest BCUT2D eigenvalue weighted by atomic mass is 10.1. The molecule has 0 saturated carbocycles. The predicted octanol–water partition coefficient (Wildman–Crippen LogP) is 4.49. The first-order chi connectivity index (χ1) is 12.1. The lowest BCUT2D eigenvalue weighted by Gasteiger charge is -2.09. The molecule has 0 spiro atoms. The zero-order valence-corrected chi connectivity index (χ0v) is 15.4. The number of Topliss-reactive ketones (excluding diaryl/α,β-unsaturated/α-hetero) is 1. The van der Waals surface area contributed by atoms with E-state index in [0.717, 1.165) is 23.5 Å². The van der Waals surface area contributed by atoms with Gasteiger partial charge in [0.2, 0.25) is 5.78 Å². The Morgan fingerprint density at radius 2 is 1.92 bits per heavy atom. The highest BCUT2D eigenvalue weighted by molar-refractivity contribution is 7.09. The number of hydrogen-bond acceptors (Lipinski definition) is 4. The summed E-state index contributed by atoms with van der Waals surface area (Å²) in [6, 6.07) is 13.4. The Morgan fingerprint density at radius 3 is 2.64 bits per heavy atom. The number of carbonyl (C=O) groups excluding carboxylic acids is 1. The monoisotopic (exact) mass is 355 g/mol. The minimum atomic E-state index is -0.0200. The van der Waals surface area contributed by atoms with E-state index in [0.29, 0.717) is 11.5 Å². The molecule has 0 bridgehead atoms. The third-order valence-corrected chi connectivity index (χ3v) is 5.04. The summed E-state index contributed by atoms with van der Waals surface area (Å²) in [4.78, 5) is 13.9. The Balaban J connectivity index is 1.71. The molecular formula is C20H21NO3S. The van der Waals surface area contributed by atoms with Crippen molar-refractivity contribution in [2.45, 2.75) is 20.4 Å². The van der Waals surface area contributed by atoms with Crippen molar-refractivity contribution in [1.82, 2.24) is 4.57 Å². The number of thiophene rings is 1. The Labute approximate surface area is 151 Å². The number of aryl methyl sites for hydroxylation is 1. The maximum atomic E-state index is 12.6. The van der Waals surface area contributed by atoms with E-state index >= 15 is 0 Å². The van der Waals surface area contributed by atoms with Crippen LogP contribution in [0, 0.1) is 13.8 Å². The first-order valence-electron chi connectivity index (χ1n) is 8.07. The van der Waals surface area contributed by atoms with Crippen LogP contribution in [0.1, 0.15) is 26.6 Å². The summed E-state index contributed by atoms with van der Waals surface area (Å²) in [6.07, 6.45) is 0. The van der Waals surface area contributed by atoms with Gasteiger partial charge in [-0.25, -0.2) is 0 Å². The van der Waals surface area contributed by atoms with E-state index in [-0.39, 0.29) is 12.4 Å². The van der Waals surface area contributed by atoms with Crippen molar-refractivity contribution < 1.29 is 14.3 Å². The van der Waals surface area contributed by atoms with Crippen LogP contribution < -0.4 is 9.47 Å². The molecule has 5 heteroatoms. The van der Waals surface area contributed by atoms with E-state index in [2.05, 4.69) is 16.0 Å². The van der Waals surface area contributed by atoms with Crippen molar-refractivity contribution in [3.05, 3.63) is 69.7 Å². The number of hydrogen-bond donors (Lipinski definition) is 0. The van der Waals surface area contributed by atoms with Gasteiger partial charge in [-0.2, -0.15) is 0 Å². The predicted molar refractivity (Wildman–Crippen MR) is 100 cm³/mol. The van der Waals surface area contributed by atoms with Crippen LogP contribution >= 0.6 is 11.3 Å². The molecule has 2 aromatic heterocycles. The second kappa shape index (κ2) is 7.57. The van der Waals surface area contributed by atoms with Crippen LogP contribution in [0.2, 0.25) is 0 Å². The smallest absolute Gasteiger partial charge is 0.202 e. The highest BCUT2D eigenvalue weighted by atomic mass is 32.1. The molecule has 0 aliphatic heterocycles. The summed E-state index contributed by atoms with van der Waals surface area (Å²) >= 11 is 1.72. The molecule has 2 heterocycles. The van der Waals surface area contributed by atoms with Gasteiger partial charge in [-0.05, 0) is 43.5 Å². The van der Waals surface area contributed by atoms with Gasteiger partial charge in [-0.3, -0.25) is 4.79 Å². The molecule has 0 fully saturated rings. The summed E-state index contributed by atoms with van der Waals surface area (Å²) < 4.78 is 13.0. The Morgan fingerprint density at radius 1 is 1.12 bits per heavy atom. The van der Waals surface area contributed by atoms with Gasteiger partial charge in [0.05, 0.1) is 13.7 Å². The zero-order valence-electron chi connectivity index (χ0n) is 14.6. The summed E-state index contributed by atoms with van der Waals surface area (Å²) in [5, 5.41) is 2.07. The third kappa shape index (κ3) is 3.94. The first-order valence-corrected chi connectivity index (χ1v) is 8.95. The second-order valence-corrected chi connectivity index (χ2v) is 6.87. The van der Waals surface area contributed by atoms with Gasteiger partial charge in [0.25, 0.3) is 0 Å². The van der Waals surface area contributed by atoms with Gasteiger partial charge in [0.1, 0.15) is 11.5 Å². The molecule has 0 atom stereocenters. The minimum Gasteiger partial charge on any atom is -0.497 e. The standard InChI is InChI=1S/C20H21NO3S/c1-14-10-19(15(2)21(14)12-18-8-5-9-25-18)20(22)13-24-17-7-4-6-16(11-17)23-3/h4-11H,12-13H2,1-3H3. The van der Waals surface area contributed by atoms with Crippen LogP contribution in [0.4, 0.5) is 0 Å². The molecule has 0 unspecified atom stereocenters. The average molecular weight is 355 g/mol. The quantitative estimate of drug-likeness (QED) is 0.587. The third-order valence-electron chi connectivity index (χ3n) is 4.18. The van der Waals surface area contributed by atoms with Gasteiger partial charge in [-0.15, -0.1) is 11.3 Å². The number of carbonyl (C=O) groups is 1. The molecule has 3 rings (SSSR count). The minimum absolute atomic E-state index is 0.0104. The van der Waals surface area contributed by atoms with E-state index in [4.69, 9.17) is 9.47 Å². The topological polar surface area (TPSA) is 40.5 Å². The van der Waals surface area contributed by atoms with Crippen LogP contribution in [0.25, 0.3) is 0 Å². The number of rotatable bonds is 7. The van der Waals surface area contributed by atoms with Crippen LogP contribution in [0.15, 0.2) is 47.8 Å². The van der Waals surface area contributed by atoms with E-state index < -0.39 is 0 Å². The van der Waals surface area contributed by atoms with Crippen LogP contribution in [0.3, 0.4) is 0 Å². The normalized spacial score (nSPS) is 10.7. The van der Waals surface area contributed by atoms with E-state index in [9.17, 15) is 4.79 Å². The summed E-state index contributed by atoms with van der Waals surface area (Å²) in [5.74, 6) is 1.31. The van der Waals surface area contributed by atoms with Gasteiger partial charge in [0.15, 0.2) is 6.61 Å². The molecule has 0 radical (unpaired) electrons. The molecule has 4 nitrogen and oxygen atoms in total. The fraction of sp³-hybridized carbons (Fsp3) is 0.250. The molecule has 25 heavy (non-hydrogen) atoms. The lowest BCUT2D eigenvalue weighted by molar-refractivity contribution is 0.0920. The van der Waals surface area contributed by atoms with Gasteiger partial charge in [0, 0.05) is 27.9 Å². The molecule has 0 aliphatic carbocycles. The Hall–Kier alpha value is -2.53. The van der Waals surface area contributed by atoms with Crippen molar-refractivity contribution in [1.29, 1.82) is 0 Å². The molecular weight excluding hydrogens is 334 g/mol. The molecule has 0 N–H and O–H groups in total. The Kier molecular flexibility index (Phi) is 5.24. The van der Waals surface area contributed by atoms with Crippen molar-refractivity contribution in [3.8, 4) is 11.5 Å². The number of methoxy groups -OCH3 is 1. The molecule has 130 valence electrons. The summed E-state index contributed by atoms with van der Waals surface area (Å²) in [6.45, 7) is 4.81. The number of nitrogens with zero attached hydrogens (tertiary/aromatic N) is 1. The SMILES string of the molecule is COc1cccc(OCC(=O)c2cc(C)n(Cc3cccs3)c2C)c1. The zero-order chi connectivity index (χ0) is 17.8. The molecule has 3 aromatic rings. The summed E-state index contributed by atoms with van der Waals surface area (Å²) in [7, 11) is 1.60. The number of benzene rings is 1. The van der Waals surface area contributed by atoms with Crippen LogP contribution in [-0.4, -0.2) is 24.1 Å². The van der Waals surface area contributed by atoms with Crippen molar-refractivity contribution in [3.63, 3.8) is 0 Å². The largest absolute Gasteiger partial charge is 0.497 e. The van der Waals surface area contributed by atoms with E-state index in [1.165, 1.54) is 4.88 Å².